The van der Waals surface area contributed by atoms with Crippen molar-refractivity contribution in [3.8, 4) is 0 Å². The molecule has 1 atom stereocenters. The molecule has 0 saturated heterocycles. The molecule has 0 saturated carbocycles. The fraction of sp³-hybridized carbons (Fsp3) is 0.200. The maximum Gasteiger partial charge on any atom is 0.154 e. The van der Waals surface area contributed by atoms with Crippen molar-refractivity contribution in [2.45, 2.75) is 6.23 Å². The van der Waals surface area contributed by atoms with E-state index in [1.165, 1.54) is 0 Å². The Labute approximate surface area is 71.9 Å². The van der Waals surface area contributed by atoms with Gasteiger partial charge in [0.05, 0.1) is 6.20 Å². The predicted octanol–water partition coefficient (Wildman–Crippen LogP) is 1.51. The fourth-order valence-electron chi connectivity index (χ4n) is 1.28. The highest BCUT2D eigenvalue weighted by Crippen LogP contribution is 2.22. The van der Waals surface area contributed by atoms with Crippen LogP contribution in [0, 0.1) is 12.3 Å². The average Bonchev–Trinajstić information content (AvgIpc) is 2.17. The summed E-state index contributed by atoms with van der Waals surface area (Å²) in [6, 6.07) is 8.81. The number of methoxy groups -OCH3 is 1. The summed E-state index contributed by atoms with van der Waals surface area (Å²) >= 11 is 0. The zero-order valence-electron chi connectivity index (χ0n) is 6.79. The van der Waals surface area contributed by atoms with E-state index in [0.29, 0.717) is 0 Å². The van der Waals surface area contributed by atoms with Crippen LogP contribution < -0.4 is 5.32 Å². The Balaban J connectivity index is 2.45. The lowest BCUT2D eigenvalue weighted by Crippen LogP contribution is -2.21. The molecule has 1 aromatic carbocycles. The van der Waals surface area contributed by atoms with E-state index in [1.807, 2.05) is 24.3 Å². The highest BCUT2D eigenvalue weighted by atomic mass is 16.5. The Hall–Kier alpha value is -1.28. The molecule has 1 aromatic rings. The number of hydrogen-bond donors (Lipinski definition) is 1. The van der Waals surface area contributed by atoms with Gasteiger partial charge in [0, 0.05) is 12.7 Å². The van der Waals surface area contributed by atoms with Crippen molar-refractivity contribution in [1.29, 1.82) is 0 Å². The van der Waals surface area contributed by atoms with E-state index >= 15 is 0 Å². The molecule has 1 N–H and O–H groups in total. The predicted molar refractivity (Wildman–Crippen MR) is 45.9 cm³/mol. The third-order valence-electron chi connectivity index (χ3n) is 1.89. The van der Waals surface area contributed by atoms with Crippen LogP contribution in [-0.2, 0) is 4.74 Å². The van der Waals surface area contributed by atoms with Crippen LogP contribution in [0.4, 0.5) is 0 Å². The third kappa shape index (κ3) is 1.10. The quantitative estimate of drug-likeness (QED) is 0.670. The summed E-state index contributed by atoms with van der Waals surface area (Å²) in [6.07, 6.45) is 4.74. The lowest BCUT2D eigenvalue weighted by Gasteiger charge is -2.20. The molecule has 0 spiro atoms. The Morgan fingerprint density at radius 2 is 2.50 bits per heavy atom. The van der Waals surface area contributed by atoms with Gasteiger partial charge in [-0.3, -0.25) is 0 Å². The lowest BCUT2D eigenvalue weighted by atomic mass is 10.0. The van der Waals surface area contributed by atoms with E-state index in [-0.39, 0.29) is 6.23 Å². The summed E-state index contributed by atoms with van der Waals surface area (Å²) < 4.78 is 5.21. The van der Waals surface area contributed by atoms with Crippen molar-refractivity contribution in [1.82, 2.24) is 5.32 Å². The van der Waals surface area contributed by atoms with Gasteiger partial charge in [-0.2, -0.15) is 0 Å². The standard InChI is InChI=1S/C10H9NO/c1-12-10-9-5-3-2-4-8(9)6-7-11-10/h3-6,10-11H,1H3. The first kappa shape index (κ1) is 7.37. The molecule has 2 rings (SSSR count). The molecule has 1 aliphatic heterocycles. The summed E-state index contributed by atoms with van der Waals surface area (Å²) in [4.78, 5) is 0. The molecular weight excluding hydrogens is 150 g/mol. The van der Waals surface area contributed by atoms with Gasteiger partial charge >= 0.3 is 0 Å². The van der Waals surface area contributed by atoms with Crippen LogP contribution >= 0.6 is 0 Å². The van der Waals surface area contributed by atoms with Gasteiger partial charge in [0.2, 0.25) is 0 Å². The van der Waals surface area contributed by atoms with Crippen molar-refractivity contribution >= 4 is 6.08 Å². The smallest absolute Gasteiger partial charge is 0.154 e. The van der Waals surface area contributed by atoms with Crippen LogP contribution in [0.1, 0.15) is 17.4 Å². The van der Waals surface area contributed by atoms with Crippen molar-refractivity contribution < 1.29 is 4.74 Å². The minimum absolute atomic E-state index is 0.0698. The molecule has 2 heteroatoms. The second-order valence-corrected chi connectivity index (χ2v) is 2.60. The second kappa shape index (κ2) is 2.99. The van der Waals surface area contributed by atoms with Gasteiger partial charge in [-0.05, 0) is 23.8 Å². The monoisotopic (exact) mass is 159 g/mol. The molecule has 1 aliphatic rings. The number of benzene rings is 1. The SMILES string of the molecule is COC1N[C]=Cc2c[c]ccc21. The van der Waals surface area contributed by atoms with E-state index in [2.05, 4.69) is 17.6 Å². The number of fused-ring (bicyclic) bond motifs is 1. The zero-order valence-corrected chi connectivity index (χ0v) is 6.79. The fourth-order valence-corrected chi connectivity index (χ4v) is 1.28. The maximum atomic E-state index is 5.21. The molecule has 0 bridgehead atoms. The second-order valence-electron chi connectivity index (χ2n) is 2.60. The Bertz CT molecular complexity index is 306. The van der Waals surface area contributed by atoms with E-state index in [4.69, 9.17) is 4.74 Å². The molecule has 0 fully saturated rings. The van der Waals surface area contributed by atoms with E-state index < -0.39 is 0 Å². The molecule has 0 aromatic heterocycles. The normalized spacial score (nSPS) is 19.9. The van der Waals surface area contributed by atoms with Crippen molar-refractivity contribution in [3.05, 3.63) is 41.6 Å². The van der Waals surface area contributed by atoms with Crippen molar-refractivity contribution in [3.63, 3.8) is 0 Å². The molecule has 1 unspecified atom stereocenters. The van der Waals surface area contributed by atoms with Crippen LogP contribution in [0.5, 0.6) is 0 Å². The van der Waals surface area contributed by atoms with Crippen LogP contribution in [0.3, 0.4) is 0 Å². The average molecular weight is 159 g/mol. The maximum absolute atomic E-state index is 5.21. The van der Waals surface area contributed by atoms with Gasteiger partial charge in [0.25, 0.3) is 0 Å². The van der Waals surface area contributed by atoms with Gasteiger partial charge in [-0.15, -0.1) is 0 Å². The van der Waals surface area contributed by atoms with Crippen molar-refractivity contribution in [2.75, 3.05) is 7.11 Å². The first-order chi connectivity index (χ1) is 5.92. The van der Waals surface area contributed by atoms with E-state index in [1.54, 1.807) is 7.11 Å². The minimum atomic E-state index is -0.0698. The Kier molecular flexibility index (Phi) is 1.84. The third-order valence-corrected chi connectivity index (χ3v) is 1.89. The summed E-state index contributed by atoms with van der Waals surface area (Å²) in [7, 11) is 1.67. The van der Waals surface area contributed by atoms with E-state index in [9.17, 15) is 0 Å². The molecule has 0 amide bonds. The number of rotatable bonds is 1. The van der Waals surface area contributed by atoms with Crippen LogP contribution in [0.2, 0.25) is 0 Å². The molecule has 2 radical (unpaired) electrons. The highest BCUT2D eigenvalue weighted by Gasteiger charge is 2.14. The van der Waals surface area contributed by atoms with Crippen LogP contribution in [0.15, 0.2) is 18.2 Å². The first-order valence-electron chi connectivity index (χ1n) is 3.79. The molecular formula is C10H9NO. The lowest BCUT2D eigenvalue weighted by molar-refractivity contribution is 0.0828. The van der Waals surface area contributed by atoms with Gasteiger partial charge in [-0.1, -0.05) is 12.1 Å². The molecule has 2 nitrogen and oxygen atoms in total. The zero-order chi connectivity index (χ0) is 8.39. The number of ether oxygens (including phenoxy) is 1. The van der Waals surface area contributed by atoms with Gasteiger partial charge < -0.3 is 10.1 Å². The Morgan fingerprint density at radius 3 is 3.33 bits per heavy atom. The summed E-state index contributed by atoms with van der Waals surface area (Å²) in [5.74, 6) is 0. The molecule has 0 aliphatic carbocycles. The summed E-state index contributed by atoms with van der Waals surface area (Å²) in [6.45, 7) is 0. The minimum Gasteiger partial charge on any atom is -0.357 e. The molecule has 1 heterocycles. The van der Waals surface area contributed by atoms with Crippen LogP contribution in [-0.4, -0.2) is 7.11 Å². The van der Waals surface area contributed by atoms with E-state index in [0.717, 1.165) is 11.1 Å². The summed E-state index contributed by atoms with van der Waals surface area (Å²) in [5.41, 5.74) is 2.25. The topological polar surface area (TPSA) is 21.3 Å². The number of hydrogen-bond acceptors (Lipinski definition) is 2. The van der Waals surface area contributed by atoms with Gasteiger partial charge in [0.1, 0.15) is 0 Å². The largest absolute Gasteiger partial charge is 0.357 e. The molecule has 60 valence electrons. The van der Waals surface area contributed by atoms with Gasteiger partial charge in [0.15, 0.2) is 6.23 Å². The number of nitrogens with one attached hydrogen (secondary N) is 1. The highest BCUT2D eigenvalue weighted by molar-refractivity contribution is 5.54. The van der Waals surface area contributed by atoms with Crippen LogP contribution in [0.25, 0.3) is 6.08 Å². The first-order valence-corrected chi connectivity index (χ1v) is 3.79. The van der Waals surface area contributed by atoms with Gasteiger partial charge in [-0.25, -0.2) is 0 Å². The molecule has 12 heavy (non-hydrogen) atoms. The van der Waals surface area contributed by atoms with Crippen molar-refractivity contribution in [2.24, 2.45) is 0 Å². The Morgan fingerprint density at radius 1 is 1.58 bits per heavy atom. The summed E-state index contributed by atoms with van der Waals surface area (Å²) in [5, 5.41) is 2.98.